The van der Waals surface area contributed by atoms with Gasteiger partial charge in [0.05, 0.1) is 5.92 Å². The van der Waals surface area contributed by atoms with E-state index >= 15 is 0 Å². The molecule has 124 valence electrons. The minimum absolute atomic E-state index is 0.159. The highest BCUT2D eigenvalue weighted by atomic mass is 16.4. The zero-order chi connectivity index (χ0) is 16.9. The van der Waals surface area contributed by atoms with Crippen molar-refractivity contribution < 1.29 is 9.90 Å². The number of benzene rings is 1. The fourth-order valence-corrected chi connectivity index (χ4v) is 3.41. The molecule has 4 heteroatoms. The Kier molecular flexibility index (Phi) is 3.75. The van der Waals surface area contributed by atoms with Crippen molar-refractivity contribution in [1.29, 1.82) is 0 Å². The Morgan fingerprint density at radius 2 is 1.87 bits per heavy atom. The maximum atomic E-state index is 11.2. The molecular weight excluding hydrogens is 288 g/mol. The molecule has 1 aromatic carbocycles. The summed E-state index contributed by atoms with van der Waals surface area (Å²) >= 11 is 0. The number of hydrogen-bond donors (Lipinski definition) is 1. The number of fused-ring (bicyclic) bond motifs is 2. The second-order valence-corrected chi connectivity index (χ2v) is 7.87. The molecule has 1 atom stereocenters. The first-order valence-corrected chi connectivity index (χ1v) is 8.24. The van der Waals surface area contributed by atoms with Crippen LogP contribution in [0.2, 0.25) is 0 Å². The molecule has 1 aliphatic heterocycles. The molecule has 1 N–H and O–H groups in total. The lowest BCUT2D eigenvalue weighted by Gasteiger charge is -2.31. The molecule has 2 heterocycles. The summed E-state index contributed by atoms with van der Waals surface area (Å²) in [4.78, 5) is 13.7. The van der Waals surface area contributed by atoms with Crippen LogP contribution in [0.5, 0.6) is 0 Å². The Morgan fingerprint density at radius 1 is 1.26 bits per heavy atom. The number of carboxylic acid groups (broad SMARTS) is 1. The standard InChI is InChI=1S/C19H26N2O2/c1-12(18(22)23)6-15-9-20(5)17-8-14-11-21(19(2,3)4)10-13(14)7-16(15)17/h7-9,12H,6,10-11H2,1-5H3,(H,22,23). The lowest BCUT2D eigenvalue weighted by Crippen LogP contribution is -2.36. The largest absolute Gasteiger partial charge is 0.481 e. The molecule has 0 radical (unpaired) electrons. The van der Waals surface area contributed by atoms with E-state index in [0.29, 0.717) is 6.42 Å². The minimum atomic E-state index is -0.734. The molecule has 0 saturated heterocycles. The molecule has 0 aliphatic carbocycles. The highest BCUT2D eigenvalue weighted by Crippen LogP contribution is 2.34. The van der Waals surface area contributed by atoms with Crippen LogP contribution >= 0.6 is 0 Å². The molecule has 4 nitrogen and oxygen atoms in total. The first-order valence-electron chi connectivity index (χ1n) is 8.24. The summed E-state index contributed by atoms with van der Waals surface area (Å²) in [6.07, 6.45) is 2.66. The molecule has 0 saturated carbocycles. The van der Waals surface area contributed by atoms with Gasteiger partial charge in [0.2, 0.25) is 0 Å². The Bertz CT molecular complexity index is 768. The second-order valence-electron chi connectivity index (χ2n) is 7.87. The molecular formula is C19H26N2O2. The predicted octanol–water partition coefficient (Wildman–Crippen LogP) is 3.56. The van der Waals surface area contributed by atoms with Crippen molar-refractivity contribution in [2.75, 3.05) is 0 Å². The number of rotatable bonds is 3. The van der Waals surface area contributed by atoms with Gasteiger partial charge in [0, 0.05) is 42.8 Å². The minimum Gasteiger partial charge on any atom is -0.481 e. The zero-order valence-electron chi connectivity index (χ0n) is 14.7. The first-order chi connectivity index (χ1) is 10.7. The van der Waals surface area contributed by atoms with Gasteiger partial charge in [0.15, 0.2) is 0 Å². The van der Waals surface area contributed by atoms with Gasteiger partial charge in [-0.3, -0.25) is 9.69 Å². The third-order valence-electron chi connectivity index (χ3n) is 5.01. The molecule has 2 aromatic rings. The van der Waals surface area contributed by atoms with Gasteiger partial charge in [-0.1, -0.05) is 6.92 Å². The van der Waals surface area contributed by atoms with Crippen LogP contribution in [0.25, 0.3) is 10.9 Å². The van der Waals surface area contributed by atoms with Crippen LogP contribution < -0.4 is 0 Å². The van der Waals surface area contributed by atoms with Gasteiger partial charge in [0.1, 0.15) is 0 Å². The summed E-state index contributed by atoms with van der Waals surface area (Å²) in [7, 11) is 2.04. The highest BCUT2D eigenvalue weighted by Gasteiger charge is 2.29. The van der Waals surface area contributed by atoms with Gasteiger partial charge in [-0.15, -0.1) is 0 Å². The summed E-state index contributed by atoms with van der Waals surface area (Å²) in [6.45, 7) is 10.5. The van der Waals surface area contributed by atoms with E-state index in [1.54, 1.807) is 6.92 Å². The SMILES string of the molecule is CC(Cc1cn(C)c2cc3c(cc12)CN(C(C)(C)C)C3)C(=O)O. The zero-order valence-corrected chi connectivity index (χ0v) is 14.7. The van der Waals surface area contributed by atoms with E-state index in [-0.39, 0.29) is 11.5 Å². The summed E-state index contributed by atoms with van der Waals surface area (Å²) in [5.41, 5.74) is 5.27. The number of nitrogens with zero attached hydrogens (tertiary/aromatic N) is 2. The molecule has 1 aliphatic rings. The van der Waals surface area contributed by atoms with Crippen molar-refractivity contribution in [2.45, 2.75) is 52.7 Å². The van der Waals surface area contributed by atoms with Gasteiger partial charge in [-0.2, -0.15) is 0 Å². The number of carboxylic acids is 1. The smallest absolute Gasteiger partial charge is 0.306 e. The quantitative estimate of drug-likeness (QED) is 0.942. The van der Waals surface area contributed by atoms with Crippen LogP contribution in [-0.2, 0) is 31.4 Å². The van der Waals surface area contributed by atoms with Gasteiger partial charge in [-0.05, 0) is 56.0 Å². The predicted molar refractivity (Wildman–Crippen MR) is 92.4 cm³/mol. The van der Waals surface area contributed by atoms with Crippen molar-refractivity contribution in [3.8, 4) is 0 Å². The van der Waals surface area contributed by atoms with Gasteiger partial charge in [0.25, 0.3) is 0 Å². The number of hydrogen-bond acceptors (Lipinski definition) is 2. The van der Waals surface area contributed by atoms with Crippen LogP contribution in [0.1, 0.15) is 44.4 Å². The van der Waals surface area contributed by atoms with E-state index in [0.717, 1.165) is 18.7 Å². The van der Waals surface area contributed by atoms with Gasteiger partial charge >= 0.3 is 5.97 Å². The van der Waals surface area contributed by atoms with Gasteiger partial charge < -0.3 is 9.67 Å². The normalized spacial score (nSPS) is 16.7. The molecule has 0 amide bonds. The van der Waals surface area contributed by atoms with Crippen LogP contribution in [0.3, 0.4) is 0 Å². The Labute approximate surface area is 137 Å². The fraction of sp³-hybridized carbons (Fsp3) is 0.526. The molecule has 3 rings (SSSR count). The van der Waals surface area contributed by atoms with E-state index in [9.17, 15) is 9.90 Å². The summed E-state index contributed by atoms with van der Waals surface area (Å²) in [6, 6.07) is 4.56. The first kappa shape index (κ1) is 16.1. The third-order valence-corrected chi connectivity index (χ3v) is 5.01. The van der Waals surface area contributed by atoms with E-state index in [4.69, 9.17) is 0 Å². The van der Waals surface area contributed by atoms with Crippen molar-refractivity contribution in [1.82, 2.24) is 9.47 Å². The highest BCUT2D eigenvalue weighted by molar-refractivity contribution is 5.86. The average molecular weight is 314 g/mol. The van der Waals surface area contributed by atoms with E-state index in [1.165, 1.54) is 22.0 Å². The Morgan fingerprint density at radius 3 is 2.43 bits per heavy atom. The maximum absolute atomic E-state index is 11.2. The lowest BCUT2D eigenvalue weighted by atomic mass is 9.99. The molecule has 0 bridgehead atoms. The molecule has 1 unspecified atom stereocenters. The monoisotopic (exact) mass is 314 g/mol. The van der Waals surface area contributed by atoms with E-state index < -0.39 is 5.97 Å². The van der Waals surface area contributed by atoms with Crippen molar-refractivity contribution in [2.24, 2.45) is 13.0 Å². The summed E-state index contributed by atoms with van der Waals surface area (Å²) in [5, 5.41) is 10.4. The van der Waals surface area contributed by atoms with Gasteiger partial charge in [-0.25, -0.2) is 0 Å². The number of aromatic nitrogens is 1. The van der Waals surface area contributed by atoms with Crippen molar-refractivity contribution >= 4 is 16.9 Å². The number of aliphatic carboxylic acids is 1. The molecule has 1 aromatic heterocycles. The topological polar surface area (TPSA) is 45.5 Å². The van der Waals surface area contributed by atoms with E-state index in [2.05, 4.69) is 48.6 Å². The summed E-state index contributed by atoms with van der Waals surface area (Å²) < 4.78 is 2.12. The van der Waals surface area contributed by atoms with Crippen LogP contribution in [0, 0.1) is 5.92 Å². The van der Waals surface area contributed by atoms with Crippen molar-refractivity contribution in [3.63, 3.8) is 0 Å². The average Bonchev–Trinajstić information content (AvgIpc) is 2.98. The fourth-order valence-electron chi connectivity index (χ4n) is 3.41. The molecule has 0 fully saturated rings. The van der Waals surface area contributed by atoms with Crippen molar-refractivity contribution in [3.05, 3.63) is 35.0 Å². The summed E-state index contributed by atoms with van der Waals surface area (Å²) in [5.74, 6) is -1.10. The van der Waals surface area contributed by atoms with E-state index in [1.807, 2.05) is 7.05 Å². The van der Waals surface area contributed by atoms with Crippen LogP contribution in [-0.4, -0.2) is 26.1 Å². The molecule has 0 spiro atoms. The lowest BCUT2D eigenvalue weighted by molar-refractivity contribution is -0.141. The Balaban J connectivity index is 2.00. The maximum Gasteiger partial charge on any atom is 0.306 e. The number of carbonyl (C=O) groups is 1. The molecule has 23 heavy (non-hydrogen) atoms. The third kappa shape index (κ3) is 2.88. The van der Waals surface area contributed by atoms with Crippen LogP contribution in [0.4, 0.5) is 0 Å². The number of aryl methyl sites for hydroxylation is 1. The Hall–Kier alpha value is -1.81. The second kappa shape index (κ2) is 5.38. The van der Waals surface area contributed by atoms with Crippen LogP contribution in [0.15, 0.2) is 18.3 Å².